The van der Waals surface area contributed by atoms with Gasteiger partial charge in [0.15, 0.2) is 5.82 Å². The van der Waals surface area contributed by atoms with Crippen molar-refractivity contribution in [3.05, 3.63) is 30.1 Å². The zero-order chi connectivity index (χ0) is 16.0. The number of rotatable bonds is 5. The molecule has 5 nitrogen and oxygen atoms in total. The van der Waals surface area contributed by atoms with Crippen molar-refractivity contribution in [2.45, 2.75) is 51.5 Å². The van der Waals surface area contributed by atoms with E-state index in [4.69, 9.17) is 9.72 Å². The summed E-state index contributed by atoms with van der Waals surface area (Å²) in [4.78, 5) is 16.4. The van der Waals surface area contributed by atoms with Crippen molar-refractivity contribution < 1.29 is 9.53 Å². The summed E-state index contributed by atoms with van der Waals surface area (Å²) in [6.07, 6.45) is 4.33. The van der Waals surface area contributed by atoms with Gasteiger partial charge in [-0.3, -0.25) is 4.79 Å². The zero-order valence-electron chi connectivity index (χ0n) is 13.5. The molecule has 0 spiro atoms. The first-order valence-corrected chi connectivity index (χ1v) is 8.40. The van der Waals surface area contributed by atoms with Crippen LogP contribution in [-0.4, -0.2) is 20.7 Å². The first kappa shape index (κ1) is 14.4. The lowest BCUT2D eigenvalue weighted by molar-refractivity contribution is -0.135. The molecule has 1 aromatic heterocycles. The third-order valence-corrected chi connectivity index (χ3v) is 4.33. The standard InChI is InChI=1S/C18H21N3O2/c1-11(2)21-17(13-3-4-13)19-16(20-21)12-7-9-15(10-8-12)23-18(22)14-5-6-14/h7-11,13-14H,3-6H2,1-2H3. The number of ether oxygens (including phenoxy) is 1. The average Bonchev–Trinajstić information content (AvgIpc) is 3.45. The molecule has 2 aliphatic carbocycles. The molecule has 5 heteroatoms. The summed E-state index contributed by atoms with van der Waals surface area (Å²) in [7, 11) is 0. The first-order valence-electron chi connectivity index (χ1n) is 8.40. The molecule has 0 radical (unpaired) electrons. The molecular formula is C18H21N3O2. The number of carbonyl (C=O) groups is 1. The monoisotopic (exact) mass is 311 g/mol. The van der Waals surface area contributed by atoms with Crippen molar-refractivity contribution in [2.75, 3.05) is 0 Å². The topological polar surface area (TPSA) is 57.0 Å². The fourth-order valence-corrected chi connectivity index (χ4v) is 2.65. The number of aromatic nitrogens is 3. The normalized spacial score (nSPS) is 17.5. The second-order valence-electron chi connectivity index (χ2n) is 6.83. The maximum absolute atomic E-state index is 11.7. The van der Waals surface area contributed by atoms with Crippen molar-refractivity contribution in [3.63, 3.8) is 0 Å². The summed E-state index contributed by atoms with van der Waals surface area (Å²) in [5.74, 6) is 3.00. The maximum atomic E-state index is 11.7. The van der Waals surface area contributed by atoms with Crippen molar-refractivity contribution in [2.24, 2.45) is 5.92 Å². The highest BCUT2D eigenvalue weighted by atomic mass is 16.5. The van der Waals surface area contributed by atoms with E-state index in [1.54, 1.807) is 0 Å². The predicted octanol–water partition coefficient (Wildman–Crippen LogP) is 3.72. The van der Waals surface area contributed by atoms with Gasteiger partial charge in [-0.15, -0.1) is 0 Å². The van der Waals surface area contributed by atoms with E-state index >= 15 is 0 Å². The van der Waals surface area contributed by atoms with E-state index in [0.29, 0.717) is 17.7 Å². The molecule has 2 fully saturated rings. The van der Waals surface area contributed by atoms with Crippen LogP contribution in [0.25, 0.3) is 11.4 Å². The Kier molecular flexibility index (Phi) is 3.43. The second kappa shape index (κ2) is 5.48. The van der Waals surface area contributed by atoms with Crippen LogP contribution in [0.5, 0.6) is 5.75 Å². The van der Waals surface area contributed by atoms with E-state index in [1.165, 1.54) is 12.8 Å². The van der Waals surface area contributed by atoms with Crippen LogP contribution in [0, 0.1) is 5.92 Å². The Bertz CT molecular complexity index is 706. The van der Waals surface area contributed by atoms with Gasteiger partial charge in [0.05, 0.1) is 5.92 Å². The van der Waals surface area contributed by atoms with Gasteiger partial charge in [-0.2, -0.15) is 5.10 Å². The quantitative estimate of drug-likeness (QED) is 0.624. The molecule has 120 valence electrons. The van der Waals surface area contributed by atoms with Crippen molar-refractivity contribution in [1.29, 1.82) is 0 Å². The fraction of sp³-hybridized carbons (Fsp3) is 0.500. The van der Waals surface area contributed by atoms with Crippen molar-refractivity contribution in [3.8, 4) is 17.1 Å². The summed E-state index contributed by atoms with van der Waals surface area (Å²) in [5.41, 5.74) is 0.956. The molecule has 1 aromatic carbocycles. The van der Waals surface area contributed by atoms with Crippen LogP contribution in [0.15, 0.2) is 24.3 Å². The third kappa shape index (κ3) is 3.00. The molecule has 2 aliphatic rings. The first-order chi connectivity index (χ1) is 11.1. The van der Waals surface area contributed by atoms with Crippen LogP contribution in [-0.2, 0) is 4.79 Å². The Morgan fingerprint density at radius 2 is 1.87 bits per heavy atom. The number of hydrogen-bond donors (Lipinski definition) is 0. The number of esters is 1. The third-order valence-electron chi connectivity index (χ3n) is 4.33. The molecular weight excluding hydrogens is 290 g/mol. The van der Waals surface area contributed by atoms with Gasteiger partial charge in [-0.1, -0.05) is 0 Å². The largest absolute Gasteiger partial charge is 0.426 e. The van der Waals surface area contributed by atoms with Gasteiger partial charge in [0, 0.05) is 17.5 Å². The van der Waals surface area contributed by atoms with Gasteiger partial charge >= 0.3 is 5.97 Å². The Labute approximate surface area is 135 Å². The smallest absolute Gasteiger partial charge is 0.314 e. The Morgan fingerprint density at radius 3 is 2.43 bits per heavy atom. The molecule has 23 heavy (non-hydrogen) atoms. The number of carbonyl (C=O) groups excluding carboxylic acids is 1. The van der Waals surface area contributed by atoms with E-state index in [9.17, 15) is 4.79 Å². The van der Waals surface area contributed by atoms with Gasteiger partial charge < -0.3 is 4.74 Å². The lowest BCUT2D eigenvalue weighted by atomic mass is 10.2. The minimum Gasteiger partial charge on any atom is -0.426 e. The maximum Gasteiger partial charge on any atom is 0.314 e. The summed E-state index contributed by atoms with van der Waals surface area (Å²) >= 11 is 0. The Balaban J connectivity index is 1.55. The molecule has 0 bridgehead atoms. The van der Waals surface area contributed by atoms with Crippen LogP contribution >= 0.6 is 0 Å². The molecule has 2 saturated carbocycles. The second-order valence-corrected chi connectivity index (χ2v) is 6.83. The lowest BCUT2D eigenvalue weighted by Gasteiger charge is -2.07. The van der Waals surface area contributed by atoms with Gasteiger partial charge in [0.2, 0.25) is 0 Å². The minimum absolute atomic E-state index is 0.110. The highest BCUT2D eigenvalue weighted by molar-refractivity contribution is 5.77. The lowest BCUT2D eigenvalue weighted by Crippen LogP contribution is -2.09. The van der Waals surface area contributed by atoms with Crippen LogP contribution in [0.2, 0.25) is 0 Å². The molecule has 0 aliphatic heterocycles. The summed E-state index contributed by atoms with van der Waals surface area (Å²) in [6.45, 7) is 4.26. The van der Waals surface area contributed by atoms with E-state index in [-0.39, 0.29) is 11.9 Å². The molecule has 0 saturated heterocycles. The highest BCUT2D eigenvalue weighted by Crippen LogP contribution is 2.40. The summed E-state index contributed by atoms with van der Waals surface area (Å²) in [5, 5.41) is 4.67. The average molecular weight is 311 g/mol. The fourth-order valence-electron chi connectivity index (χ4n) is 2.65. The minimum atomic E-state index is -0.115. The number of nitrogens with zero attached hydrogens (tertiary/aromatic N) is 3. The van der Waals surface area contributed by atoms with Crippen LogP contribution in [0.4, 0.5) is 0 Å². The van der Waals surface area contributed by atoms with Crippen molar-refractivity contribution >= 4 is 5.97 Å². The molecule has 2 aromatic rings. The van der Waals surface area contributed by atoms with E-state index in [1.807, 2.05) is 28.9 Å². The molecule has 1 heterocycles. The van der Waals surface area contributed by atoms with Gasteiger partial charge in [0.25, 0.3) is 0 Å². The molecule has 0 N–H and O–H groups in total. The number of benzene rings is 1. The van der Waals surface area contributed by atoms with Crippen LogP contribution < -0.4 is 4.74 Å². The van der Waals surface area contributed by atoms with Gasteiger partial charge in [-0.05, 0) is 63.8 Å². The van der Waals surface area contributed by atoms with E-state index in [2.05, 4.69) is 18.9 Å². The Morgan fingerprint density at radius 1 is 1.17 bits per heavy atom. The number of hydrogen-bond acceptors (Lipinski definition) is 4. The highest BCUT2D eigenvalue weighted by Gasteiger charge is 2.32. The molecule has 0 atom stereocenters. The zero-order valence-corrected chi connectivity index (χ0v) is 13.5. The molecule has 4 rings (SSSR count). The molecule has 0 unspecified atom stereocenters. The van der Waals surface area contributed by atoms with Crippen LogP contribution in [0.3, 0.4) is 0 Å². The van der Waals surface area contributed by atoms with Gasteiger partial charge in [-0.25, -0.2) is 9.67 Å². The van der Waals surface area contributed by atoms with Gasteiger partial charge in [0.1, 0.15) is 11.6 Å². The SMILES string of the molecule is CC(C)n1nc(-c2ccc(OC(=O)C3CC3)cc2)nc1C1CC1. The Hall–Kier alpha value is -2.17. The summed E-state index contributed by atoms with van der Waals surface area (Å²) < 4.78 is 7.40. The van der Waals surface area contributed by atoms with Crippen molar-refractivity contribution in [1.82, 2.24) is 14.8 Å². The molecule has 0 amide bonds. The predicted molar refractivity (Wildman–Crippen MR) is 86.2 cm³/mol. The van der Waals surface area contributed by atoms with E-state index < -0.39 is 0 Å². The van der Waals surface area contributed by atoms with Crippen LogP contribution in [0.1, 0.15) is 57.3 Å². The summed E-state index contributed by atoms with van der Waals surface area (Å²) in [6, 6.07) is 7.80. The van der Waals surface area contributed by atoms with E-state index in [0.717, 1.165) is 30.1 Å².